The third kappa shape index (κ3) is 4.21. The fourth-order valence-electron chi connectivity index (χ4n) is 3.83. The number of aliphatic hydroxyl groups excluding tert-OH is 1. The standard InChI is InChI=1S/C25H23NO5/c27-14-12-26(16-17-6-2-1-3-7-17)13-15-31-21-11-10-20(28)22-23(21)25(30)19-9-5-4-8-18(19)24(22)29/h1-11,27-28H,12-16H2. The predicted molar refractivity (Wildman–Crippen MR) is 116 cm³/mol. The highest BCUT2D eigenvalue weighted by Gasteiger charge is 2.34. The maximum atomic E-state index is 13.1. The minimum Gasteiger partial charge on any atom is -0.507 e. The van der Waals surface area contributed by atoms with Gasteiger partial charge in [0.15, 0.2) is 11.6 Å². The first-order valence-corrected chi connectivity index (χ1v) is 10.1. The maximum Gasteiger partial charge on any atom is 0.198 e. The quantitative estimate of drug-likeness (QED) is 0.458. The van der Waals surface area contributed by atoms with Crippen molar-refractivity contribution in [1.29, 1.82) is 0 Å². The summed E-state index contributed by atoms with van der Waals surface area (Å²) in [7, 11) is 0. The third-order valence-electron chi connectivity index (χ3n) is 5.35. The number of nitrogens with zero attached hydrogens (tertiary/aromatic N) is 1. The number of benzene rings is 3. The molecular weight excluding hydrogens is 394 g/mol. The van der Waals surface area contributed by atoms with Gasteiger partial charge in [-0.15, -0.1) is 0 Å². The molecule has 0 aromatic heterocycles. The Kier molecular flexibility index (Phi) is 6.11. The van der Waals surface area contributed by atoms with Crippen LogP contribution in [0.15, 0.2) is 66.7 Å². The van der Waals surface area contributed by atoms with E-state index in [0.717, 1.165) is 5.56 Å². The van der Waals surface area contributed by atoms with Crippen molar-refractivity contribution >= 4 is 11.6 Å². The average Bonchev–Trinajstić information content (AvgIpc) is 2.79. The van der Waals surface area contributed by atoms with Crippen LogP contribution < -0.4 is 4.74 Å². The van der Waals surface area contributed by atoms with Gasteiger partial charge in [0.25, 0.3) is 0 Å². The second-order valence-corrected chi connectivity index (χ2v) is 7.37. The molecular formula is C25H23NO5. The van der Waals surface area contributed by atoms with Crippen molar-refractivity contribution in [2.75, 3.05) is 26.3 Å². The summed E-state index contributed by atoms with van der Waals surface area (Å²) < 4.78 is 5.90. The Hall–Kier alpha value is -3.48. The minimum absolute atomic E-state index is 0.0160. The summed E-state index contributed by atoms with van der Waals surface area (Å²) in [5, 5.41) is 19.7. The number of ketones is 2. The first kappa shape index (κ1) is 20.8. The van der Waals surface area contributed by atoms with Gasteiger partial charge in [0, 0.05) is 30.8 Å². The number of phenols is 1. The fourth-order valence-corrected chi connectivity index (χ4v) is 3.83. The van der Waals surface area contributed by atoms with Gasteiger partial charge in [-0.25, -0.2) is 0 Å². The van der Waals surface area contributed by atoms with Gasteiger partial charge in [-0.2, -0.15) is 0 Å². The molecule has 1 aliphatic rings. The largest absolute Gasteiger partial charge is 0.507 e. The Balaban J connectivity index is 1.53. The highest BCUT2D eigenvalue weighted by Crippen LogP contribution is 2.38. The Labute approximate surface area is 180 Å². The van der Waals surface area contributed by atoms with E-state index in [1.165, 1.54) is 12.1 Å². The van der Waals surface area contributed by atoms with Crippen LogP contribution in [-0.2, 0) is 6.54 Å². The van der Waals surface area contributed by atoms with E-state index in [1.54, 1.807) is 24.3 Å². The molecule has 0 saturated carbocycles. The minimum atomic E-state index is -0.390. The molecule has 0 radical (unpaired) electrons. The van der Waals surface area contributed by atoms with E-state index < -0.39 is 0 Å². The molecule has 0 atom stereocenters. The van der Waals surface area contributed by atoms with Gasteiger partial charge in [0.2, 0.25) is 0 Å². The lowest BCUT2D eigenvalue weighted by Crippen LogP contribution is -2.31. The van der Waals surface area contributed by atoms with Gasteiger partial charge < -0.3 is 14.9 Å². The Morgan fingerprint density at radius 2 is 1.42 bits per heavy atom. The zero-order chi connectivity index (χ0) is 21.8. The van der Waals surface area contributed by atoms with Crippen molar-refractivity contribution in [2.45, 2.75) is 6.54 Å². The summed E-state index contributed by atoms with van der Waals surface area (Å²) in [6, 6.07) is 19.4. The number of hydrogen-bond acceptors (Lipinski definition) is 6. The van der Waals surface area contributed by atoms with E-state index in [2.05, 4.69) is 0 Å². The lowest BCUT2D eigenvalue weighted by Gasteiger charge is -2.23. The van der Waals surface area contributed by atoms with Crippen LogP contribution in [0.25, 0.3) is 0 Å². The lowest BCUT2D eigenvalue weighted by atomic mass is 9.83. The molecule has 0 heterocycles. The van der Waals surface area contributed by atoms with E-state index in [4.69, 9.17) is 4.74 Å². The fraction of sp³-hybridized carbons (Fsp3) is 0.200. The first-order chi connectivity index (χ1) is 15.1. The van der Waals surface area contributed by atoms with Crippen molar-refractivity contribution in [3.05, 3.63) is 94.5 Å². The number of aliphatic hydroxyl groups is 1. The van der Waals surface area contributed by atoms with Crippen LogP contribution in [0, 0.1) is 0 Å². The molecule has 3 aromatic carbocycles. The zero-order valence-corrected chi connectivity index (χ0v) is 17.0. The molecule has 2 N–H and O–H groups in total. The second-order valence-electron chi connectivity index (χ2n) is 7.37. The topological polar surface area (TPSA) is 87.1 Å². The summed E-state index contributed by atoms with van der Waals surface area (Å²) in [6.45, 7) is 1.93. The number of aromatic hydroxyl groups is 1. The molecule has 31 heavy (non-hydrogen) atoms. The van der Waals surface area contributed by atoms with E-state index in [1.807, 2.05) is 35.2 Å². The summed E-state index contributed by atoms with van der Waals surface area (Å²) in [6.07, 6.45) is 0. The molecule has 6 heteroatoms. The average molecular weight is 417 g/mol. The molecule has 3 aromatic rings. The number of ether oxygens (including phenoxy) is 1. The van der Waals surface area contributed by atoms with Crippen molar-refractivity contribution < 1.29 is 24.5 Å². The van der Waals surface area contributed by atoms with Gasteiger partial charge in [0.05, 0.1) is 17.7 Å². The lowest BCUT2D eigenvalue weighted by molar-refractivity contribution is 0.0972. The zero-order valence-electron chi connectivity index (χ0n) is 17.0. The van der Waals surface area contributed by atoms with Crippen LogP contribution in [0.4, 0.5) is 0 Å². The normalized spacial score (nSPS) is 12.6. The number of phenolic OH excluding ortho intramolecular Hbond substituents is 1. The van der Waals surface area contributed by atoms with Crippen LogP contribution in [-0.4, -0.2) is 53.0 Å². The Morgan fingerprint density at radius 3 is 2.10 bits per heavy atom. The molecule has 1 aliphatic carbocycles. The SMILES string of the molecule is O=C1c2ccccc2C(=O)c2c(OCCN(CCO)Cc3ccccc3)ccc(O)c21. The molecule has 0 fully saturated rings. The number of hydrogen-bond donors (Lipinski definition) is 2. The van der Waals surface area contributed by atoms with Gasteiger partial charge >= 0.3 is 0 Å². The molecule has 0 spiro atoms. The highest BCUT2D eigenvalue weighted by atomic mass is 16.5. The van der Waals surface area contributed by atoms with E-state index in [-0.39, 0.29) is 53.0 Å². The van der Waals surface area contributed by atoms with Crippen molar-refractivity contribution in [1.82, 2.24) is 4.90 Å². The van der Waals surface area contributed by atoms with Crippen molar-refractivity contribution in [2.24, 2.45) is 0 Å². The molecule has 158 valence electrons. The number of carbonyl (C=O) groups excluding carboxylic acids is 2. The molecule has 0 amide bonds. The summed E-state index contributed by atoms with van der Waals surface area (Å²) in [5.41, 5.74) is 1.79. The van der Waals surface area contributed by atoms with Gasteiger partial charge in [0.1, 0.15) is 18.1 Å². The third-order valence-corrected chi connectivity index (χ3v) is 5.35. The van der Waals surface area contributed by atoms with Gasteiger partial charge in [-0.3, -0.25) is 14.5 Å². The van der Waals surface area contributed by atoms with Crippen LogP contribution >= 0.6 is 0 Å². The first-order valence-electron chi connectivity index (χ1n) is 10.1. The van der Waals surface area contributed by atoms with Gasteiger partial charge in [-0.1, -0.05) is 54.6 Å². The van der Waals surface area contributed by atoms with Crippen LogP contribution in [0.1, 0.15) is 37.4 Å². The summed E-state index contributed by atoms with van der Waals surface area (Å²) in [5.74, 6) is -0.697. The highest BCUT2D eigenvalue weighted by molar-refractivity contribution is 6.30. The summed E-state index contributed by atoms with van der Waals surface area (Å²) in [4.78, 5) is 28.0. The molecule has 0 bridgehead atoms. The van der Waals surface area contributed by atoms with Crippen molar-refractivity contribution in [3.8, 4) is 11.5 Å². The Bertz CT molecular complexity index is 1110. The van der Waals surface area contributed by atoms with Crippen LogP contribution in [0.5, 0.6) is 11.5 Å². The molecule has 0 saturated heterocycles. The van der Waals surface area contributed by atoms with Gasteiger partial charge in [-0.05, 0) is 17.7 Å². The molecule has 0 aliphatic heterocycles. The van der Waals surface area contributed by atoms with E-state index in [9.17, 15) is 19.8 Å². The summed E-state index contributed by atoms with van der Waals surface area (Å²) >= 11 is 0. The number of rotatable bonds is 8. The number of fused-ring (bicyclic) bond motifs is 2. The maximum absolute atomic E-state index is 13.1. The Morgan fingerprint density at radius 1 is 0.774 bits per heavy atom. The predicted octanol–water partition coefficient (Wildman–Crippen LogP) is 3.04. The second kappa shape index (κ2) is 9.12. The van der Waals surface area contributed by atoms with Crippen LogP contribution in [0.2, 0.25) is 0 Å². The van der Waals surface area contributed by atoms with E-state index in [0.29, 0.717) is 25.2 Å². The molecule has 6 nitrogen and oxygen atoms in total. The number of carbonyl (C=O) groups is 2. The molecule has 0 unspecified atom stereocenters. The van der Waals surface area contributed by atoms with Crippen LogP contribution in [0.3, 0.4) is 0 Å². The smallest absolute Gasteiger partial charge is 0.198 e. The monoisotopic (exact) mass is 417 g/mol. The van der Waals surface area contributed by atoms with Crippen molar-refractivity contribution in [3.63, 3.8) is 0 Å². The molecule has 4 rings (SSSR count). The van der Waals surface area contributed by atoms with E-state index >= 15 is 0 Å².